The zero-order chi connectivity index (χ0) is 18.9. The number of carboxylic acid groups (broad SMARTS) is 1. The quantitative estimate of drug-likeness (QED) is 0.719. The maximum Gasteiger partial charge on any atom is 0.341 e. The molecule has 2 aromatic carbocycles. The summed E-state index contributed by atoms with van der Waals surface area (Å²) in [6.45, 7) is 4.39. The second kappa shape index (κ2) is 9.46. The number of hydrogen-bond donors (Lipinski definition) is 2. The number of nitrogens with one attached hydrogen (secondary N) is 1. The van der Waals surface area contributed by atoms with E-state index in [1.165, 1.54) is 0 Å². The number of rotatable bonds is 9. The van der Waals surface area contributed by atoms with E-state index in [9.17, 15) is 9.59 Å². The van der Waals surface area contributed by atoms with Gasteiger partial charge in [0.2, 0.25) is 5.91 Å². The minimum Gasteiger partial charge on any atom is -0.493 e. The maximum atomic E-state index is 12.2. The first-order valence-electron chi connectivity index (χ1n) is 8.38. The summed E-state index contributed by atoms with van der Waals surface area (Å²) in [5.74, 6) is 0.398. The summed E-state index contributed by atoms with van der Waals surface area (Å²) in [7, 11) is 0. The predicted molar refractivity (Wildman–Crippen MR) is 98.7 cm³/mol. The number of benzene rings is 2. The van der Waals surface area contributed by atoms with Gasteiger partial charge in [-0.3, -0.25) is 4.79 Å². The van der Waals surface area contributed by atoms with Crippen LogP contribution in [-0.4, -0.2) is 30.2 Å². The fourth-order valence-corrected chi connectivity index (χ4v) is 2.17. The third-order valence-electron chi connectivity index (χ3n) is 3.35. The standard InChI is InChI=1S/C20H23NO5/c1-14(2)12-25-17-8-6-15(7-9-17)10-19(22)21-16-4-3-5-18(11-16)26-13-20(23)24/h3-9,11,14H,10,12-13H2,1-2H3,(H,21,22)(H,23,24). The number of carboxylic acids is 1. The Labute approximate surface area is 152 Å². The van der Waals surface area contributed by atoms with Crippen LogP contribution in [0.25, 0.3) is 0 Å². The van der Waals surface area contributed by atoms with Gasteiger partial charge < -0.3 is 19.9 Å². The van der Waals surface area contributed by atoms with Crippen molar-refractivity contribution in [1.82, 2.24) is 0 Å². The lowest BCUT2D eigenvalue weighted by Crippen LogP contribution is -2.14. The second-order valence-electron chi connectivity index (χ2n) is 6.28. The van der Waals surface area contributed by atoms with E-state index in [0.717, 1.165) is 11.3 Å². The summed E-state index contributed by atoms with van der Waals surface area (Å²) in [5, 5.41) is 11.4. The van der Waals surface area contributed by atoms with Gasteiger partial charge in [-0.15, -0.1) is 0 Å². The van der Waals surface area contributed by atoms with Crippen LogP contribution in [-0.2, 0) is 16.0 Å². The number of carbonyl (C=O) groups is 2. The zero-order valence-electron chi connectivity index (χ0n) is 14.9. The third kappa shape index (κ3) is 6.84. The highest BCUT2D eigenvalue weighted by Gasteiger charge is 2.07. The van der Waals surface area contributed by atoms with Crippen molar-refractivity contribution in [2.75, 3.05) is 18.5 Å². The molecule has 1 amide bonds. The molecule has 0 aliphatic rings. The normalized spacial score (nSPS) is 10.4. The summed E-state index contributed by atoms with van der Waals surface area (Å²) in [5.41, 5.74) is 1.42. The van der Waals surface area contributed by atoms with Crippen LogP contribution in [0.2, 0.25) is 0 Å². The van der Waals surface area contributed by atoms with E-state index in [1.807, 2.05) is 24.3 Å². The van der Waals surface area contributed by atoms with Crippen LogP contribution in [0.5, 0.6) is 11.5 Å². The number of anilines is 1. The fraction of sp³-hybridized carbons (Fsp3) is 0.300. The van der Waals surface area contributed by atoms with Crippen LogP contribution in [0.3, 0.4) is 0 Å². The number of carbonyl (C=O) groups excluding carboxylic acids is 1. The van der Waals surface area contributed by atoms with Crippen molar-refractivity contribution in [1.29, 1.82) is 0 Å². The molecule has 0 bridgehead atoms. The van der Waals surface area contributed by atoms with Gasteiger partial charge in [-0.1, -0.05) is 32.0 Å². The van der Waals surface area contributed by atoms with Gasteiger partial charge in [0.15, 0.2) is 6.61 Å². The Hall–Kier alpha value is -3.02. The van der Waals surface area contributed by atoms with Gasteiger partial charge in [0, 0.05) is 11.8 Å². The van der Waals surface area contributed by atoms with E-state index < -0.39 is 12.6 Å². The van der Waals surface area contributed by atoms with Crippen molar-refractivity contribution < 1.29 is 24.2 Å². The van der Waals surface area contributed by atoms with Crippen molar-refractivity contribution in [2.24, 2.45) is 5.92 Å². The highest BCUT2D eigenvalue weighted by molar-refractivity contribution is 5.92. The molecule has 2 aromatic rings. The van der Waals surface area contributed by atoms with Crippen molar-refractivity contribution in [3.8, 4) is 11.5 Å². The van der Waals surface area contributed by atoms with E-state index in [2.05, 4.69) is 19.2 Å². The van der Waals surface area contributed by atoms with Gasteiger partial charge in [0.05, 0.1) is 13.0 Å². The van der Waals surface area contributed by atoms with Gasteiger partial charge in [-0.05, 0) is 35.7 Å². The minimum atomic E-state index is -1.06. The molecule has 0 saturated carbocycles. The van der Waals surface area contributed by atoms with Crippen LogP contribution in [0, 0.1) is 5.92 Å². The van der Waals surface area contributed by atoms with Crippen molar-refractivity contribution in [3.63, 3.8) is 0 Å². The molecule has 0 spiro atoms. The summed E-state index contributed by atoms with van der Waals surface area (Å²) in [4.78, 5) is 22.7. The fourth-order valence-electron chi connectivity index (χ4n) is 2.17. The van der Waals surface area contributed by atoms with Crippen molar-refractivity contribution >= 4 is 17.6 Å². The van der Waals surface area contributed by atoms with Gasteiger partial charge in [-0.2, -0.15) is 0 Å². The Morgan fingerprint density at radius 2 is 1.77 bits per heavy atom. The Morgan fingerprint density at radius 3 is 2.42 bits per heavy atom. The van der Waals surface area contributed by atoms with E-state index >= 15 is 0 Å². The number of ether oxygens (including phenoxy) is 2. The van der Waals surface area contributed by atoms with Crippen molar-refractivity contribution in [3.05, 3.63) is 54.1 Å². The van der Waals surface area contributed by atoms with E-state index in [4.69, 9.17) is 14.6 Å². The Kier molecular flexibility index (Phi) is 7.02. The highest BCUT2D eigenvalue weighted by atomic mass is 16.5. The predicted octanol–water partition coefficient (Wildman–Crippen LogP) is 3.37. The first-order chi connectivity index (χ1) is 12.4. The van der Waals surface area contributed by atoms with Gasteiger partial charge in [0.1, 0.15) is 11.5 Å². The summed E-state index contributed by atoms with van der Waals surface area (Å²) in [6.07, 6.45) is 0.227. The van der Waals surface area contributed by atoms with Gasteiger partial charge in [0.25, 0.3) is 0 Å². The first kappa shape index (κ1) is 19.3. The number of amides is 1. The molecule has 0 atom stereocenters. The average molecular weight is 357 g/mol. The largest absolute Gasteiger partial charge is 0.493 e. The summed E-state index contributed by atoms with van der Waals surface area (Å²) >= 11 is 0. The molecule has 0 heterocycles. The molecule has 0 radical (unpaired) electrons. The Morgan fingerprint density at radius 1 is 1.04 bits per heavy atom. The molecule has 0 fully saturated rings. The lowest BCUT2D eigenvalue weighted by atomic mass is 10.1. The molecule has 6 nitrogen and oxygen atoms in total. The molecule has 0 aliphatic carbocycles. The topological polar surface area (TPSA) is 84.9 Å². The molecule has 0 saturated heterocycles. The van der Waals surface area contributed by atoms with Crippen LogP contribution in [0.4, 0.5) is 5.69 Å². The van der Waals surface area contributed by atoms with Crippen LogP contribution in [0.1, 0.15) is 19.4 Å². The zero-order valence-corrected chi connectivity index (χ0v) is 14.9. The average Bonchev–Trinajstić information content (AvgIpc) is 2.59. The molecule has 0 aliphatic heterocycles. The van der Waals surface area contributed by atoms with Crippen LogP contribution < -0.4 is 14.8 Å². The molecule has 0 unspecified atom stereocenters. The molecule has 0 aromatic heterocycles. The number of aliphatic carboxylic acids is 1. The molecule has 138 valence electrons. The maximum absolute atomic E-state index is 12.2. The first-order valence-corrected chi connectivity index (χ1v) is 8.38. The Balaban J connectivity index is 1.88. The SMILES string of the molecule is CC(C)COc1ccc(CC(=O)Nc2cccc(OCC(=O)O)c2)cc1. The molecule has 6 heteroatoms. The van der Waals surface area contributed by atoms with Gasteiger partial charge >= 0.3 is 5.97 Å². The highest BCUT2D eigenvalue weighted by Crippen LogP contribution is 2.18. The van der Waals surface area contributed by atoms with Gasteiger partial charge in [-0.25, -0.2) is 4.79 Å². The van der Waals surface area contributed by atoms with Crippen LogP contribution in [0.15, 0.2) is 48.5 Å². The molecular formula is C20H23NO5. The Bertz CT molecular complexity index is 740. The molecule has 2 N–H and O–H groups in total. The van der Waals surface area contributed by atoms with Crippen molar-refractivity contribution in [2.45, 2.75) is 20.3 Å². The summed E-state index contributed by atoms with van der Waals surface area (Å²) in [6, 6.07) is 14.1. The lowest BCUT2D eigenvalue weighted by molar-refractivity contribution is -0.139. The molecule has 2 rings (SSSR count). The molecular weight excluding hydrogens is 334 g/mol. The minimum absolute atomic E-state index is 0.170. The monoisotopic (exact) mass is 357 g/mol. The second-order valence-corrected chi connectivity index (χ2v) is 6.28. The van der Waals surface area contributed by atoms with E-state index in [1.54, 1.807) is 24.3 Å². The summed E-state index contributed by atoms with van der Waals surface area (Å²) < 4.78 is 10.7. The smallest absolute Gasteiger partial charge is 0.341 e. The molecule has 26 heavy (non-hydrogen) atoms. The lowest BCUT2D eigenvalue weighted by Gasteiger charge is -2.10. The van der Waals surface area contributed by atoms with E-state index in [0.29, 0.717) is 24.0 Å². The van der Waals surface area contributed by atoms with E-state index in [-0.39, 0.29) is 12.3 Å². The number of hydrogen-bond acceptors (Lipinski definition) is 4. The third-order valence-corrected chi connectivity index (χ3v) is 3.35. The van der Waals surface area contributed by atoms with Crippen LogP contribution >= 0.6 is 0 Å².